The Hall–Kier alpha value is -3.48. The van der Waals surface area contributed by atoms with Gasteiger partial charge in [0, 0.05) is 11.3 Å². The molecule has 1 unspecified atom stereocenters. The van der Waals surface area contributed by atoms with E-state index in [4.69, 9.17) is 14.2 Å². The number of para-hydroxylation sites is 1. The molecule has 1 atom stereocenters. The maximum atomic E-state index is 13.0. The van der Waals surface area contributed by atoms with Gasteiger partial charge in [-0.25, -0.2) is 9.59 Å². The Morgan fingerprint density at radius 1 is 1.10 bits per heavy atom. The zero-order valence-electron chi connectivity index (χ0n) is 16.7. The van der Waals surface area contributed by atoms with Gasteiger partial charge in [0.2, 0.25) is 0 Å². The van der Waals surface area contributed by atoms with Crippen molar-refractivity contribution in [2.45, 2.75) is 26.5 Å². The molecule has 0 saturated carbocycles. The van der Waals surface area contributed by atoms with Gasteiger partial charge in [-0.2, -0.15) is 0 Å². The Morgan fingerprint density at radius 3 is 2.55 bits per heavy atom. The van der Waals surface area contributed by atoms with E-state index >= 15 is 0 Å². The van der Waals surface area contributed by atoms with Crippen LogP contribution < -0.4 is 20.1 Å². The predicted octanol–water partition coefficient (Wildman–Crippen LogP) is 3.47. The third-order valence-corrected chi connectivity index (χ3v) is 4.53. The Balaban J connectivity index is 1.95. The Labute approximate surface area is 169 Å². The van der Waals surface area contributed by atoms with E-state index in [-0.39, 0.29) is 6.61 Å². The molecule has 3 rings (SSSR count). The average Bonchev–Trinajstić information content (AvgIpc) is 2.72. The number of urea groups is 1. The number of nitrogens with one attached hydrogen (secondary N) is 2. The molecule has 1 aliphatic heterocycles. The molecule has 0 aromatic heterocycles. The normalized spacial score (nSPS) is 16.0. The standard InChI is InChI=1S/C22H24N2O5/c1-4-28-20-16(11-8-12-17(20)27-3)19-18(14(2)23-22(26)24-19)21(25)29-13-15-9-6-5-7-10-15/h5-12,19H,4,13H2,1-3H3,(H2,23,24,26). The number of carbonyl (C=O) groups excluding carboxylic acids is 2. The number of carbonyl (C=O) groups is 2. The van der Waals surface area contributed by atoms with Crippen molar-refractivity contribution in [2.24, 2.45) is 0 Å². The number of rotatable bonds is 7. The number of amides is 2. The highest BCUT2D eigenvalue weighted by atomic mass is 16.5. The van der Waals surface area contributed by atoms with Crippen molar-refractivity contribution in [3.8, 4) is 11.5 Å². The van der Waals surface area contributed by atoms with E-state index < -0.39 is 18.0 Å². The van der Waals surface area contributed by atoms with Crippen molar-refractivity contribution in [1.82, 2.24) is 10.6 Å². The molecule has 7 heteroatoms. The lowest BCUT2D eigenvalue weighted by molar-refractivity contribution is -0.140. The Bertz CT molecular complexity index is 924. The van der Waals surface area contributed by atoms with Gasteiger partial charge in [0.15, 0.2) is 11.5 Å². The fourth-order valence-electron chi connectivity index (χ4n) is 3.22. The zero-order valence-corrected chi connectivity index (χ0v) is 16.7. The van der Waals surface area contributed by atoms with Gasteiger partial charge in [-0.3, -0.25) is 0 Å². The third-order valence-electron chi connectivity index (χ3n) is 4.53. The molecule has 29 heavy (non-hydrogen) atoms. The first-order valence-electron chi connectivity index (χ1n) is 9.34. The first-order chi connectivity index (χ1) is 14.0. The molecule has 1 aliphatic rings. The molecule has 0 spiro atoms. The van der Waals surface area contributed by atoms with Crippen molar-refractivity contribution in [1.29, 1.82) is 0 Å². The van der Waals surface area contributed by atoms with Gasteiger partial charge in [0.25, 0.3) is 0 Å². The summed E-state index contributed by atoms with van der Waals surface area (Å²) in [5, 5.41) is 5.44. The number of hydrogen-bond acceptors (Lipinski definition) is 5. The van der Waals surface area contributed by atoms with Crippen molar-refractivity contribution in [2.75, 3.05) is 13.7 Å². The van der Waals surface area contributed by atoms with Crippen LogP contribution in [0.3, 0.4) is 0 Å². The lowest BCUT2D eigenvalue weighted by Gasteiger charge is -2.29. The number of hydrogen-bond donors (Lipinski definition) is 2. The minimum Gasteiger partial charge on any atom is -0.493 e. The van der Waals surface area contributed by atoms with Crippen LogP contribution >= 0.6 is 0 Å². The number of methoxy groups -OCH3 is 1. The second kappa shape index (κ2) is 9.14. The molecule has 2 N–H and O–H groups in total. The smallest absolute Gasteiger partial charge is 0.338 e. The molecule has 2 amide bonds. The summed E-state index contributed by atoms with van der Waals surface area (Å²) < 4.78 is 16.7. The van der Waals surface area contributed by atoms with Crippen molar-refractivity contribution in [3.05, 3.63) is 70.9 Å². The lowest BCUT2D eigenvalue weighted by Crippen LogP contribution is -2.45. The van der Waals surface area contributed by atoms with Crippen LogP contribution in [0.25, 0.3) is 0 Å². The summed E-state index contributed by atoms with van der Waals surface area (Å²) in [5.74, 6) is 0.478. The summed E-state index contributed by atoms with van der Waals surface area (Å²) in [6.07, 6.45) is 0. The van der Waals surface area contributed by atoms with Gasteiger partial charge in [-0.15, -0.1) is 0 Å². The highest BCUT2D eigenvalue weighted by molar-refractivity contribution is 5.95. The van der Waals surface area contributed by atoms with Crippen molar-refractivity contribution < 1.29 is 23.8 Å². The second-order valence-corrected chi connectivity index (χ2v) is 6.44. The Kier molecular flexibility index (Phi) is 6.39. The van der Waals surface area contributed by atoms with Gasteiger partial charge in [0.1, 0.15) is 6.61 Å². The van der Waals surface area contributed by atoms with Crippen LogP contribution in [0, 0.1) is 0 Å². The molecule has 0 radical (unpaired) electrons. The maximum absolute atomic E-state index is 13.0. The van der Waals surface area contributed by atoms with Gasteiger partial charge in [0.05, 0.1) is 25.3 Å². The summed E-state index contributed by atoms with van der Waals surface area (Å²) in [5.41, 5.74) is 2.24. The first kappa shape index (κ1) is 20.3. The van der Waals surface area contributed by atoms with E-state index in [1.54, 1.807) is 32.2 Å². The van der Waals surface area contributed by atoms with Gasteiger partial charge < -0.3 is 24.8 Å². The summed E-state index contributed by atoms with van der Waals surface area (Å²) in [7, 11) is 1.54. The van der Waals surface area contributed by atoms with Crippen molar-refractivity contribution in [3.63, 3.8) is 0 Å². The molecule has 2 aromatic carbocycles. The highest BCUT2D eigenvalue weighted by Gasteiger charge is 2.34. The SMILES string of the molecule is CCOc1c(OC)cccc1C1NC(=O)NC(C)=C1C(=O)OCc1ccccc1. The highest BCUT2D eigenvalue weighted by Crippen LogP contribution is 2.39. The number of allylic oxidation sites excluding steroid dienone is 1. The molecule has 2 aromatic rings. The molecule has 7 nitrogen and oxygen atoms in total. The Morgan fingerprint density at radius 2 is 1.86 bits per heavy atom. The zero-order chi connectivity index (χ0) is 20.8. The molecule has 152 valence electrons. The fraction of sp³-hybridized carbons (Fsp3) is 0.273. The van der Waals surface area contributed by atoms with Crippen LogP contribution in [-0.2, 0) is 16.1 Å². The van der Waals surface area contributed by atoms with E-state index in [0.717, 1.165) is 5.56 Å². The van der Waals surface area contributed by atoms with Crippen LogP contribution in [0.1, 0.15) is 31.0 Å². The van der Waals surface area contributed by atoms with E-state index in [0.29, 0.717) is 34.9 Å². The topological polar surface area (TPSA) is 85.9 Å². The molecular formula is C22H24N2O5. The van der Waals surface area contributed by atoms with Gasteiger partial charge in [-0.05, 0) is 25.5 Å². The summed E-state index contributed by atoms with van der Waals surface area (Å²) in [6.45, 7) is 4.06. The number of esters is 1. The first-order valence-corrected chi connectivity index (χ1v) is 9.34. The number of ether oxygens (including phenoxy) is 3. The van der Waals surface area contributed by atoms with Crippen LogP contribution in [0.15, 0.2) is 59.8 Å². The minimum absolute atomic E-state index is 0.132. The molecule has 0 fully saturated rings. The fourth-order valence-corrected chi connectivity index (χ4v) is 3.22. The molecular weight excluding hydrogens is 372 g/mol. The predicted molar refractivity (Wildman–Crippen MR) is 108 cm³/mol. The average molecular weight is 396 g/mol. The molecule has 1 heterocycles. The number of benzene rings is 2. The van der Waals surface area contributed by atoms with Crippen LogP contribution in [0.5, 0.6) is 11.5 Å². The second-order valence-electron chi connectivity index (χ2n) is 6.44. The molecule has 0 bridgehead atoms. The van der Waals surface area contributed by atoms with E-state index in [2.05, 4.69) is 10.6 Å². The van der Waals surface area contributed by atoms with Crippen LogP contribution in [0.2, 0.25) is 0 Å². The van der Waals surface area contributed by atoms with Crippen molar-refractivity contribution >= 4 is 12.0 Å². The lowest BCUT2D eigenvalue weighted by atomic mass is 9.94. The monoisotopic (exact) mass is 396 g/mol. The molecule has 0 saturated heterocycles. The van der Waals surface area contributed by atoms with Gasteiger partial charge >= 0.3 is 12.0 Å². The van der Waals surface area contributed by atoms with E-state index in [1.807, 2.05) is 37.3 Å². The summed E-state index contributed by atoms with van der Waals surface area (Å²) in [6, 6.07) is 13.6. The third kappa shape index (κ3) is 4.51. The minimum atomic E-state index is -0.733. The summed E-state index contributed by atoms with van der Waals surface area (Å²) in [4.78, 5) is 25.1. The van der Waals surface area contributed by atoms with Crippen LogP contribution in [-0.4, -0.2) is 25.7 Å². The summed E-state index contributed by atoms with van der Waals surface area (Å²) >= 11 is 0. The van der Waals surface area contributed by atoms with Crippen LogP contribution in [0.4, 0.5) is 4.79 Å². The quantitative estimate of drug-likeness (QED) is 0.700. The molecule has 0 aliphatic carbocycles. The van der Waals surface area contributed by atoms with E-state index in [1.165, 1.54) is 0 Å². The maximum Gasteiger partial charge on any atom is 0.338 e. The van der Waals surface area contributed by atoms with E-state index in [9.17, 15) is 9.59 Å². The largest absolute Gasteiger partial charge is 0.493 e. The van der Waals surface area contributed by atoms with Gasteiger partial charge in [-0.1, -0.05) is 42.5 Å².